The molecule has 1 aliphatic carbocycles. The molecule has 0 fully saturated rings. The van der Waals surface area contributed by atoms with Gasteiger partial charge in [-0.05, 0) is 55.7 Å². The quantitative estimate of drug-likeness (QED) is 0.850. The number of hydrogen-bond donors (Lipinski definition) is 1. The summed E-state index contributed by atoms with van der Waals surface area (Å²) in [6.07, 6.45) is 6.14. The van der Waals surface area contributed by atoms with Crippen LogP contribution in [-0.4, -0.2) is 12.3 Å². The molecule has 1 aliphatic rings. The Morgan fingerprint density at radius 1 is 1.42 bits per heavy atom. The number of carbonyl (C=O) groups is 1. The summed E-state index contributed by atoms with van der Waals surface area (Å²) in [6.45, 7) is 2.73. The molecule has 2 rings (SSSR count). The van der Waals surface area contributed by atoms with E-state index < -0.39 is 0 Å². The first kappa shape index (κ1) is 14.3. The maximum atomic E-state index is 12.3. The van der Waals surface area contributed by atoms with E-state index in [0.717, 1.165) is 19.3 Å². The van der Waals surface area contributed by atoms with Crippen molar-refractivity contribution in [3.63, 3.8) is 0 Å². The van der Waals surface area contributed by atoms with E-state index >= 15 is 0 Å². The molecule has 0 bridgehead atoms. The molecule has 0 saturated carbocycles. The summed E-state index contributed by atoms with van der Waals surface area (Å²) in [6, 6.07) is 8.62. The molecule has 104 valence electrons. The smallest absolute Gasteiger partial charge is 0.136 e. The van der Waals surface area contributed by atoms with Gasteiger partial charge in [-0.25, -0.2) is 0 Å². The zero-order chi connectivity index (χ0) is 13.7. The Hall–Kier alpha value is -1.15. The van der Waals surface area contributed by atoms with Gasteiger partial charge in [-0.1, -0.05) is 31.2 Å². The third-order valence-electron chi connectivity index (χ3n) is 4.33. The van der Waals surface area contributed by atoms with Crippen LogP contribution in [0.5, 0.6) is 0 Å². The van der Waals surface area contributed by atoms with Gasteiger partial charge in [0.15, 0.2) is 0 Å². The number of aryl methyl sites for hydroxylation is 1. The van der Waals surface area contributed by atoms with E-state index in [9.17, 15) is 4.79 Å². The van der Waals surface area contributed by atoms with Crippen LogP contribution < -0.4 is 5.73 Å². The maximum Gasteiger partial charge on any atom is 0.136 e. The number of fused-ring (bicyclic) bond motifs is 1. The number of nitrogens with two attached hydrogens (primary N) is 1. The van der Waals surface area contributed by atoms with Gasteiger partial charge in [0.2, 0.25) is 0 Å². The normalized spacial score (nSPS) is 19.8. The molecule has 0 aliphatic heterocycles. The summed E-state index contributed by atoms with van der Waals surface area (Å²) >= 11 is 0. The minimum Gasteiger partial charge on any atom is -0.330 e. The van der Waals surface area contributed by atoms with E-state index in [2.05, 4.69) is 24.3 Å². The maximum absolute atomic E-state index is 12.3. The lowest BCUT2D eigenvalue weighted by Gasteiger charge is -2.25. The Labute approximate surface area is 116 Å². The lowest BCUT2D eigenvalue weighted by Crippen LogP contribution is -2.19. The van der Waals surface area contributed by atoms with Gasteiger partial charge in [0.05, 0.1) is 0 Å². The first-order valence-corrected chi connectivity index (χ1v) is 7.53. The van der Waals surface area contributed by atoms with Crippen molar-refractivity contribution in [3.05, 3.63) is 35.4 Å². The number of benzene rings is 1. The average molecular weight is 259 g/mol. The molecular formula is C17H25NO. The molecule has 2 atom stereocenters. The van der Waals surface area contributed by atoms with Gasteiger partial charge < -0.3 is 5.73 Å². The van der Waals surface area contributed by atoms with E-state index in [4.69, 9.17) is 5.73 Å². The summed E-state index contributed by atoms with van der Waals surface area (Å²) in [5.74, 6) is 1.02. The minimum absolute atomic E-state index is 0.164. The van der Waals surface area contributed by atoms with Gasteiger partial charge in [0.25, 0.3) is 0 Å². The molecule has 2 unspecified atom stereocenters. The van der Waals surface area contributed by atoms with Crippen LogP contribution >= 0.6 is 0 Å². The summed E-state index contributed by atoms with van der Waals surface area (Å²) in [5.41, 5.74) is 8.37. The van der Waals surface area contributed by atoms with E-state index in [1.54, 1.807) is 0 Å². The molecule has 0 saturated heterocycles. The Bertz CT molecular complexity index is 427. The van der Waals surface area contributed by atoms with Crippen molar-refractivity contribution >= 4 is 5.78 Å². The van der Waals surface area contributed by atoms with Crippen LogP contribution in [0.3, 0.4) is 0 Å². The molecule has 2 nitrogen and oxygen atoms in total. The standard InChI is InChI=1S/C17H25NO/c1-13(6-5-11-18)17(19)12-15-9-4-8-14-7-2-3-10-16(14)15/h2-3,7,10,13,15H,4-6,8-9,11-12,18H2,1H3. The van der Waals surface area contributed by atoms with Gasteiger partial charge in [-0.3, -0.25) is 4.79 Å². The molecule has 0 aromatic heterocycles. The molecule has 0 amide bonds. The lowest BCUT2D eigenvalue weighted by atomic mass is 9.79. The van der Waals surface area contributed by atoms with E-state index in [-0.39, 0.29) is 5.92 Å². The Morgan fingerprint density at radius 2 is 2.21 bits per heavy atom. The molecular weight excluding hydrogens is 234 g/mol. The van der Waals surface area contributed by atoms with Gasteiger partial charge in [0, 0.05) is 12.3 Å². The number of rotatable bonds is 6. The zero-order valence-electron chi connectivity index (χ0n) is 11.9. The van der Waals surface area contributed by atoms with Gasteiger partial charge in [-0.2, -0.15) is 0 Å². The largest absolute Gasteiger partial charge is 0.330 e. The number of carbonyl (C=O) groups excluding carboxylic acids is 1. The van der Waals surface area contributed by atoms with Crippen molar-refractivity contribution in [2.24, 2.45) is 11.7 Å². The van der Waals surface area contributed by atoms with Gasteiger partial charge in [-0.15, -0.1) is 0 Å². The monoisotopic (exact) mass is 259 g/mol. The van der Waals surface area contributed by atoms with Crippen LogP contribution in [0.1, 0.15) is 56.1 Å². The van der Waals surface area contributed by atoms with Crippen LogP contribution in [0.2, 0.25) is 0 Å². The Morgan fingerprint density at radius 3 is 3.00 bits per heavy atom. The van der Waals surface area contributed by atoms with Crippen LogP contribution in [0.15, 0.2) is 24.3 Å². The summed E-state index contributed by atoms with van der Waals surface area (Å²) in [5, 5.41) is 0. The minimum atomic E-state index is 0.164. The Kier molecular flexibility index (Phi) is 5.15. The topological polar surface area (TPSA) is 43.1 Å². The fraction of sp³-hybridized carbons (Fsp3) is 0.588. The highest BCUT2D eigenvalue weighted by Gasteiger charge is 2.24. The molecule has 1 aromatic carbocycles. The summed E-state index contributed by atoms with van der Waals surface area (Å²) < 4.78 is 0. The summed E-state index contributed by atoms with van der Waals surface area (Å²) in [7, 11) is 0. The van der Waals surface area contributed by atoms with Crippen LogP contribution in [0, 0.1) is 5.92 Å². The predicted octanol–water partition coefficient (Wildman–Crippen LogP) is 3.44. The highest BCUT2D eigenvalue weighted by atomic mass is 16.1. The zero-order valence-corrected chi connectivity index (χ0v) is 11.9. The van der Waals surface area contributed by atoms with E-state index in [0.29, 0.717) is 24.7 Å². The third-order valence-corrected chi connectivity index (χ3v) is 4.33. The van der Waals surface area contributed by atoms with Crippen molar-refractivity contribution in [2.45, 2.75) is 51.4 Å². The second-order valence-corrected chi connectivity index (χ2v) is 5.79. The first-order chi connectivity index (χ1) is 9.22. The first-order valence-electron chi connectivity index (χ1n) is 7.53. The number of hydrogen-bond acceptors (Lipinski definition) is 2. The third kappa shape index (κ3) is 3.66. The van der Waals surface area contributed by atoms with E-state index in [1.165, 1.54) is 24.0 Å². The highest BCUT2D eigenvalue weighted by molar-refractivity contribution is 5.81. The second-order valence-electron chi connectivity index (χ2n) is 5.79. The Balaban J connectivity index is 1.98. The van der Waals surface area contributed by atoms with Crippen molar-refractivity contribution in [3.8, 4) is 0 Å². The second kappa shape index (κ2) is 6.85. The highest BCUT2D eigenvalue weighted by Crippen LogP contribution is 2.34. The molecule has 1 aromatic rings. The molecule has 2 N–H and O–H groups in total. The van der Waals surface area contributed by atoms with Gasteiger partial charge >= 0.3 is 0 Å². The fourth-order valence-electron chi connectivity index (χ4n) is 3.10. The van der Waals surface area contributed by atoms with Crippen LogP contribution in [0.4, 0.5) is 0 Å². The van der Waals surface area contributed by atoms with Crippen molar-refractivity contribution in [1.82, 2.24) is 0 Å². The fourth-order valence-corrected chi connectivity index (χ4v) is 3.10. The van der Waals surface area contributed by atoms with Crippen molar-refractivity contribution in [1.29, 1.82) is 0 Å². The number of Topliss-reactive ketones (excluding diaryl/α,β-unsaturated/α-hetero) is 1. The van der Waals surface area contributed by atoms with E-state index in [1.807, 2.05) is 6.92 Å². The average Bonchev–Trinajstić information content (AvgIpc) is 2.45. The lowest BCUT2D eigenvalue weighted by molar-refractivity contribution is -0.123. The molecule has 19 heavy (non-hydrogen) atoms. The van der Waals surface area contributed by atoms with Crippen LogP contribution in [-0.2, 0) is 11.2 Å². The number of ketones is 1. The van der Waals surface area contributed by atoms with Crippen LogP contribution in [0.25, 0.3) is 0 Å². The van der Waals surface area contributed by atoms with Gasteiger partial charge in [0.1, 0.15) is 5.78 Å². The molecule has 2 heteroatoms. The van der Waals surface area contributed by atoms with Crippen molar-refractivity contribution in [2.75, 3.05) is 6.54 Å². The predicted molar refractivity (Wildman–Crippen MR) is 79.2 cm³/mol. The molecule has 0 spiro atoms. The SMILES string of the molecule is CC(CCCN)C(=O)CC1CCCc2ccccc21. The molecule has 0 heterocycles. The van der Waals surface area contributed by atoms with Crippen molar-refractivity contribution < 1.29 is 4.79 Å². The molecule has 0 radical (unpaired) electrons. The summed E-state index contributed by atoms with van der Waals surface area (Å²) in [4.78, 5) is 12.3.